The number of hydrogen-bond acceptors (Lipinski definition) is 4. The summed E-state index contributed by atoms with van der Waals surface area (Å²) >= 11 is 7.50. The molecule has 2 rings (SSSR count). The summed E-state index contributed by atoms with van der Waals surface area (Å²) in [6.45, 7) is 5.88. The molecule has 0 radical (unpaired) electrons. The zero-order valence-corrected chi connectivity index (χ0v) is 11.5. The van der Waals surface area contributed by atoms with Gasteiger partial charge in [0, 0.05) is 17.1 Å². The predicted octanol–water partition coefficient (Wildman–Crippen LogP) is 2.96. The van der Waals surface area contributed by atoms with Crippen molar-refractivity contribution in [3.05, 3.63) is 33.0 Å². The summed E-state index contributed by atoms with van der Waals surface area (Å²) in [6.07, 6.45) is 0.742. The van der Waals surface area contributed by atoms with Crippen LogP contribution in [-0.2, 0) is 0 Å². The summed E-state index contributed by atoms with van der Waals surface area (Å²) in [4.78, 5) is 4.28. The Morgan fingerprint density at radius 1 is 1.47 bits per heavy atom. The molecule has 0 saturated heterocycles. The number of aryl methyl sites for hydroxylation is 1. The van der Waals surface area contributed by atoms with Crippen LogP contribution in [0, 0.1) is 6.92 Å². The van der Waals surface area contributed by atoms with Gasteiger partial charge >= 0.3 is 0 Å². The van der Waals surface area contributed by atoms with E-state index in [9.17, 15) is 5.11 Å². The first-order chi connectivity index (χ1) is 8.00. The third-order valence-corrected chi connectivity index (χ3v) is 3.71. The molecule has 0 fully saturated rings. The number of hydrogen-bond donors (Lipinski definition) is 1. The quantitative estimate of drug-likeness (QED) is 0.934. The lowest BCUT2D eigenvalue weighted by Gasteiger charge is -2.14. The molecule has 0 aliphatic rings. The Morgan fingerprint density at radius 3 is 2.71 bits per heavy atom. The molecule has 0 aliphatic carbocycles. The van der Waals surface area contributed by atoms with Gasteiger partial charge in [-0.1, -0.05) is 11.6 Å². The molecular formula is C11H14ClN3OS. The molecule has 0 aromatic carbocycles. The van der Waals surface area contributed by atoms with E-state index in [0.29, 0.717) is 15.7 Å². The van der Waals surface area contributed by atoms with Crippen LogP contribution in [0.15, 0.2) is 11.6 Å². The normalized spacial score (nSPS) is 13.3. The van der Waals surface area contributed by atoms with Gasteiger partial charge in [-0.15, -0.1) is 11.3 Å². The maximum Gasteiger partial charge on any atom is 0.148 e. The molecule has 1 N–H and O–H groups in total. The second-order valence-electron chi connectivity index (χ2n) is 4.15. The highest BCUT2D eigenvalue weighted by Crippen LogP contribution is 2.31. The minimum atomic E-state index is -0.814. The molecule has 0 bridgehead atoms. The molecule has 2 heterocycles. The van der Waals surface area contributed by atoms with Crippen molar-refractivity contribution in [2.75, 3.05) is 0 Å². The van der Waals surface area contributed by atoms with Crippen LogP contribution in [0.5, 0.6) is 0 Å². The zero-order valence-electron chi connectivity index (χ0n) is 9.88. The van der Waals surface area contributed by atoms with Crippen LogP contribution >= 0.6 is 22.9 Å². The highest BCUT2D eigenvalue weighted by atomic mass is 35.5. The third-order valence-electron chi connectivity index (χ3n) is 2.41. The third kappa shape index (κ3) is 2.36. The van der Waals surface area contributed by atoms with E-state index in [1.807, 2.05) is 26.2 Å². The summed E-state index contributed by atoms with van der Waals surface area (Å²) in [5, 5.41) is 17.5. The van der Waals surface area contributed by atoms with Crippen molar-refractivity contribution in [1.82, 2.24) is 14.8 Å². The van der Waals surface area contributed by atoms with Crippen molar-refractivity contribution in [3.63, 3.8) is 0 Å². The first-order valence-electron chi connectivity index (χ1n) is 5.33. The fourth-order valence-corrected chi connectivity index (χ4v) is 2.65. The van der Waals surface area contributed by atoms with Crippen molar-refractivity contribution in [3.8, 4) is 0 Å². The summed E-state index contributed by atoms with van der Waals surface area (Å²) < 4.78 is 1.73. The van der Waals surface area contributed by atoms with Gasteiger partial charge in [-0.05, 0) is 20.8 Å². The zero-order chi connectivity index (χ0) is 12.6. The molecule has 1 unspecified atom stereocenters. The Morgan fingerprint density at radius 2 is 2.18 bits per heavy atom. The molecule has 6 heteroatoms. The molecule has 1 atom stereocenters. The number of aliphatic hydroxyl groups excluding tert-OH is 1. The van der Waals surface area contributed by atoms with Gasteiger partial charge in [-0.2, -0.15) is 5.10 Å². The smallest absolute Gasteiger partial charge is 0.148 e. The molecule has 2 aromatic heterocycles. The Hall–Kier alpha value is -0.910. The number of aromatic nitrogens is 3. The number of rotatable bonds is 3. The molecule has 0 saturated carbocycles. The second kappa shape index (κ2) is 4.76. The topological polar surface area (TPSA) is 50.9 Å². The van der Waals surface area contributed by atoms with E-state index in [4.69, 9.17) is 11.6 Å². The first-order valence-corrected chi connectivity index (χ1v) is 6.59. The van der Waals surface area contributed by atoms with Gasteiger partial charge in [0.15, 0.2) is 0 Å². The summed E-state index contributed by atoms with van der Waals surface area (Å²) in [7, 11) is 0. The van der Waals surface area contributed by atoms with Crippen molar-refractivity contribution in [1.29, 1.82) is 0 Å². The molecule has 4 nitrogen and oxygen atoms in total. The van der Waals surface area contributed by atoms with E-state index in [1.54, 1.807) is 10.9 Å². The predicted molar refractivity (Wildman–Crippen MR) is 68.5 cm³/mol. The van der Waals surface area contributed by atoms with E-state index in [2.05, 4.69) is 10.1 Å². The Balaban J connectivity index is 2.43. The number of halogens is 1. The summed E-state index contributed by atoms with van der Waals surface area (Å²) in [5.41, 5.74) is 1.51. The average Bonchev–Trinajstić information content (AvgIpc) is 2.83. The molecule has 17 heavy (non-hydrogen) atoms. The minimum Gasteiger partial charge on any atom is -0.379 e. The SMILES string of the molecule is Cc1csc(C(O)c2c(Cl)cnn2C(C)C)n1. The lowest BCUT2D eigenvalue weighted by Crippen LogP contribution is -2.12. The van der Waals surface area contributed by atoms with E-state index in [-0.39, 0.29) is 6.04 Å². The Labute approximate surface area is 109 Å². The van der Waals surface area contributed by atoms with Crippen LogP contribution in [0.4, 0.5) is 0 Å². The Bertz CT molecular complexity index is 521. The Kier molecular flexibility index (Phi) is 3.51. The van der Waals surface area contributed by atoms with Gasteiger partial charge in [-0.25, -0.2) is 4.98 Å². The van der Waals surface area contributed by atoms with E-state index >= 15 is 0 Å². The average molecular weight is 272 g/mol. The van der Waals surface area contributed by atoms with Gasteiger partial charge < -0.3 is 5.11 Å². The molecule has 0 spiro atoms. The van der Waals surface area contributed by atoms with Gasteiger partial charge in [0.05, 0.1) is 16.9 Å². The molecule has 0 amide bonds. The minimum absolute atomic E-state index is 0.146. The lowest BCUT2D eigenvalue weighted by atomic mass is 10.2. The maximum atomic E-state index is 10.3. The van der Waals surface area contributed by atoms with Crippen LogP contribution in [0.1, 0.15) is 42.4 Å². The van der Waals surface area contributed by atoms with Crippen LogP contribution in [-0.4, -0.2) is 19.9 Å². The van der Waals surface area contributed by atoms with Gasteiger partial charge in [0.1, 0.15) is 11.1 Å². The maximum absolute atomic E-state index is 10.3. The number of aliphatic hydroxyl groups is 1. The highest BCUT2D eigenvalue weighted by molar-refractivity contribution is 7.09. The second-order valence-corrected chi connectivity index (χ2v) is 5.44. The largest absolute Gasteiger partial charge is 0.379 e. The van der Waals surface area contributed by atoms with Crippen LogP contribution in [0.2, 0.25) is 5.02 Å². The fraction of sp³-hybridized carbons (Fsp3) is 0.455. The monoisotopic (exact) mass is 271 g/mol. The van der Waals surface area contributed by atoms with E-state index in [1.165, 1.54) is 11.3 Å². The van der Waals surface area contributed by atoms with Crippen molar-refractivity contribution in [2.45, 2.75) is 32.9 Å². The van der Waals surface area contributed by atoms with E-state index in [0.717, 1.165) is 5.69 Å². The number of nitrogens with zero attached hydrogens (tertiary/aromatic N) is 3. The fourth-order valence-electron chi connectivity index (χ4n) is 1.63. The number of thiazole rings is 1. The summed E-state index contributed by atoms with van der Waals surface area (Å²) in [5.74, 6) is 0. The van der Waals surface area contributed by atoms with Gasteiger partial charge in [0.2, 0.25) is 0 Å². The summed E-state index contributed by atoms with van der Waals surface area (Å²) in [6, 6.07) is 0.146. The van der Waals surface area contributed by atoms with Crippen LogP contribution in [0.25, 0.3) is 0 Å². The molecular weight excluding hydrogens is 258 g/mol. The molecule has 2 aromatic rings. The standard InChI is InChI=1S/C11H14ClN3OS/c1-6(2)15-9(8(12)4-13-15)10(16)11-14-7(3)5-17-11/h4-6,10,16H,1-3H3. The van der Waals surface area contributed by atoms with Crippen LogP contribution < -0.4 is 0 Å². The van der Waals surface area contributed by atoms with Gasteiger partial charge in [0.25, 0.3) is 0 Å². The first kappa shape index (κ1) is 12.5. The van der Waals surface area contributed by atoms with E-state index < -0.39 is 6.10 Å². The molecule has 0 aliphatic heterocycles. The highest BCUT2D eigenvalue weighted by Gasteiger charge is 2.23. The van der Waals surface area contributed by atoms with Crippen molar-refractivity contribution in [2.24, 2.45) is 0 Å². The molecule has 92 valence electrons. The van der Waals surface area contributed by atoms with Crippen molar-refractivity contribution < 1.29 is 5.11 Å². The van der Waals surface area contributed by atoms with Gasteiger partial charge in [-0.3, -0.25) is 4.68 Å². The lowest BCUT2D eigenvalue weighted by molar-refractivity contribution is 0.204. The van der Waals surface area contributed by atoms with Crippen molar-refractivity contribution >= 4 is 22.9 Å². The van der Waals surface area contributed by atoms with Crippen LogP contribution in [0.3, 0.4) is 0 Å².